The first-order chi connectivity index (χ1) is 15.7. The summed E-state index contributed by atoms with van der Waals surface area (Å²) in [5, 5.41) is 4.39. The van der Waals surface area contributed by atoms with Crippen LogP contribution in [0.25, 0.3) is 0 Å². The third-order valence-corrected chi connectivity index (χ3v) is 7.79. The number of aryl methyl sites for hydroxylation is 1. The quantitative estimate of drug-likeness (QED) is 0.459. The van der Waals surface area contributed by atoms with Gasteiger partial charge in [0.15, 0.2) is 12.7 Å². The Morgan fingerprint density at radius 2 is 1.82 bits per heavy atom. The second-order valence-corrected chi connectivity index (χ2v) is 10.3. The fraction of sp³-hybridized carbons (Fsp3) is 0.217. The van der Waals surface area contributed by atoms with Crippen molar-refractivity contribution in [3.05, 3.63) is 71.6 Å². The monoisotopic (exact) mass is 488 g/mol. The number of carbonyl (C=O) groups is 2. The van der Waals surface area contributed by atoms with Crippen LogP contribution in [0.2, 0.25) is 0 Å². The largest absolute Gasteiger partial charge is 0.482 e. The number of sulfonamides is 1. The zero-order chi connectivity index (χ0) is 24.0. The van der Waals surface area contributed by atoms with Crippen molar-refractivity contribution in [3.63, 3.8) is 0 Å². The minimum atomic E-state index is -3.64. The van der Waals surface area contributed by atoms with E-state index >= 15 is 0 Å². The van der Waals surface area contributed by atoms with E-state index in [-0.39, 0.29) is 4.21 Å². The van der Waals surface area contributed by atoms with Crippen molar-refractivity contribution < 1.29 is 27.5 Å². The minimum absolute atomic E-state index is 0.244. The van der Waals surface area contributed by atoms with Gasteiger partial charge in [-0.2, -0.15) is 0 Å². The molecule has 1 atom stereocenters. The van der Waals surface area contributed by atoms with E-state index in [9.17, 15) is 18.0 Å². The maximum Gasteiger partial charge on any atom is 0.344 e. The van der Waals surface area contributed by atoms with Gasteiger partial charge in [0.05, 0.1) is 5.69 Å². The van der Waals surface area contributed by atoms with Crippen LogP contribution in [0.5, 0.6) is 5.75 Å². The fourth-order valence-corrected chi connectivity index (χ4v) is 5.19. The summed E-state index contributed by atoms with van der Waals surface area (Å²) in [7, 11) is -2.17. The topological polar surface area (TPSA) is 102 Å². The summed E-state index contributed by atoms with van der Waals surface area (Å²) in [6, 6.07) is 16.7. The van der Waals surface area contributed by atoms with Gasteiger partial charge in [-0.25, -0.2) is 13.2 Å². The van der Waals surface area contributed by atoms with Gasteiger partial charge in [0, 0.05) is 12.7 Å². The number of thiophene rings is 1. The van der Waals surface area contributed by atoms with E-state index in [1.807, 2.05) is 25.1 Å². The second-order valence-electron chi connectivity index (χ2n) is 7.18. The molecule has 0 spiro atoms. The molecule has 1 unspecified atom stereocenters. The summed E-state index contributed by atoms with van der Waals surface area (Å²) in [6.45, 7) is 2.98. The number of hydrogen-bond acceptors (Lipinski definition) is 7. The molecule has 2 aromatic carbocycles. The van der Waals surface area contributed by atoms with Crippen molar-refractivity contribution >= 4 is 44.6 Å². The van der Waals surface area contributed by atoms with Gasteiger partial charge < -0.3 is 14.8 Å². The first kappa shape index (κ1) is 24.3. The van der Waals surface area contributed by atoms with Crippen LogP contribution in [-0.4, -0.2) is 40.1 Å². The number of rotatable bonds is 9. The number of nitrogens with zero attached hydrogens (tertiary/aromatic N) is 1. The molecule has 3 aromatic rings. The molecule has 0 bridgehead atoms. The van der Waals surface area contributed by atoms with Crippen LogP contribution < -0.4 is 14.4 Å². The average Bonchev–Trinajstić information content (AvgIpc) is 3.33. The lowest BCUT2D eigenvalue weighted by Crippen LogP contribution is -2.31. The predicted octanol–water partition coefficient (Wildman–Crippen LogP) is 3.83. The molecule has 0 aliphatic rings. The number of hydrogen-bond donors (Lipinski definition) is 1. The Morgan fingerprint density at radius 1 is 1.09 bits per heavy atom. The number of nitrogens with one attached hydrogen (secondary N) is 1. The number of esters is 1. The van der Waals surface area contributed by atoms with Crippen molar-refractivity contribution in [2.24, 2.45) is 0 Å². The minimum Gasteiger partial charge on any atom is -0.482 e. The molecule has 1 heterocycles. The van der Waals surface area contributed by atoms with Crippen molar-refractivity contribution in [1.29, 1.82) is 0 Å². The molecule has 0 aliphatic carbocycles. The Balaban J connectivity index is 1.50. The molecular formula is C23H24N2O6S2. The van der Waals surface area contributed by atoms with Gasteiger partial charge in [-0.05, 0) is 67.3 Å². The molecule has 0 fully saturated rings. The summed E-state index contributed by atoms with van der Waals surface area (Å²) in [5.41, 5.74) is 2.05. The standard InChI is InChI=1S/C23H24N2O6S2/c1-16-6-4-7-18(14-16)24-23(27)17(2)31-21(26)15-30-20-11-9-19(10-12-20)25(3)33(28,29)22-8-5-13-32-22/h4-14,17H,15H2,1-3H3,(H,24,27). The molecule has 174 valence electrons. The first-order valence-electron chi connectivity index (χ1n) is 9.99. The Bertz CT molecular complexity index is 1210. The summed E-state index contributed by atoms with van der Waals surface area (Å²) in [4.78, 5) is 24.3. The molecule has 8 nitrogen and oxygen atoms in total. The molecule has 10 heteroatoms. The van der Waals surface area contributed by atoms with Crippen molar-refractivity contribution in [3.8, 4) is 5.75 Å². The van der Waals surface area contributed by atoms with Crippen LogP contribution in [0.4, 0.5) is 11.4 Å². The normalized spacial score (nSPS) is 12.0. The molecule has 0 saturated heterocycles. The van der Waals surface area contributed by atoms with Gasteiger partial charge in [-0.15, -0.1) is 11.3 Å². The van der Waals surface area contributed by atoms with E-state index < -0.39 is 34.6 Å². The van der Waals surface area contributed by atoms with Crippen LogP contribution in [0, 0.1) is 6.92 Å². The fourth-order valence-electron chi connectivity index (χ4n) is 2.83. The maximum absolute atomic E-state index is 12.6. The smallest absolute Gasteiger partial charge is 0.344 e. The number of benzene rings is 2. The zero-order valence-electron chi connectivity index (χ0n) is 18.3. The third kappa shape index (κ3) is 6.33. The number of anilines is 2. The predicted molar refractivity (Wildman–Crippen MR) is 127 cm³/mol. The maximum atomic E-state index is 12.6. The lowest BCUT2D eigenvalue weighted by Gasteiger charge is -2.18. The summed E-state index contributed by atoms with van der Waals surface area (Å²) in [6.07, 6.45) is -1.000. The van der Waals surface area contributed by atoms with Crippen molar-refractivity contribution in [2.75, 3.05) is 23.3 Å². The Morgan fingerprint density at radius 3 is 2.45 bits per heavy atom. The average molecular weight is 489 g/mol. The van der Waals surface area contributed by atoms with Crippen LogP contribution in [0.15, 0.2) is 70.3 Å². The number of ether oxygens (including phenoxy) is 2. The molecule has 1 N–H and O–H groups in total. The molecular weight excluding hydrogens is 464 g/mol. The Kier molecular flexibility index (Phi) is 7.72. The Labute approximate surface area is 196 Å². The van der Waals surface area contributed by atoms with Crippen LogP contribution in [0.3, 0.4) is 0 Å². The van der Waals surface area contributed by atoms with Gasteiger partial charge in [-0.1, -0.05) is 18.2 Å². The van der Waals surface area contributed by atoms with Gasteiger partial charge in [0.1, 0.15) is 9.96 Å². The highest BCUT2D eigenvalue weighted by Crippen LogP contribution is 2.26. The number of carbonyl (C=O) groups excluding carboxylic acids is 2. The lowest BCUT2D eigenvalue weighted by atomic mass is 10.2. The molecule has 33 heavy (non-hydrogen) atoms. The van der Waals surface area contributed by atoms with E-state index in [0.29, 0.717) is 17.1 Å². The third-order valence-electron chi connectivity index (χ3n) is 4.63. The van der Waals surface area contributed by atoms with E-state index in [2.05, 4.69) is 5.32 Å². The van der Waals surface area contributed by atoms with Crippen molar-refractivity contribution in [1.82, 2.24) is 0 Å². The van der Waals surface area contributed by atoms with Crippen LogP contribution >= 0.6 is 11.3 Å². The highest BCUT2D eigenvalue weighted by atomic mass is 32.2. The van der Waals surface area contributed by atoms with Gasteiger partial charge in [-0.3, -0.25) is 9.10 Å². The lowest BCUT2D eigenvalue weighted by molar-refractivity contribution is -0.155. The van der Waals surface area contributed by atoms with E-state index in [1.165, 1.54) is 18.3 Å². The molecule has 1 aromatic heterocycles. The van der Waals surface area contributed by atoms with Crippen LogP contribution in [-0.2, 0) is 24.3 Å². The molecule has 3 rings (SSSR count). The van der Waals surface area contributed by atoms with Crippen molar-refractivity contribution in [2.45, 2.75) is 24.2 Å². The van der Waals surface area contributed by atoms with E-state index in [4.69, 9.17) is 9.47 Å². The van der Waals surface area contributed by atoms with Gasteiger partial charge in [0.2, 0.25) is 0 Å². The highest BCUT2D eigenvalue weighted by molar-refractivity contribution is 7.94. The molecule has 0 radical (unpaired) electrons. The van der Waals surface area contributed by atoms with Gasteiger partial charge >= 0.3 is 5.97 Å². The SMILES string of the molecule is Cc1cccc(NC(=O)C(C)OC(=O)COc2ccc(N(C)S(=O)(=O)c3cccs3)cc2)c1. The first-order valence-corrected chi connectivity index (χ1v) is 12.3. The highest BCUT2D eigenvalue weighted by Gasteiger charge is 2.22. The summed E-state index contributed by atoms with van der Waals surface area (Å²) >= 11 is 1.14. The zero-order valence-corrected chi connectivity index (χ0v) is 20.0. The van der Waals surface area contributed by atoms with E-state index in [1.54, 1.807) is 47.8 Å². The Hall–Kier alpha value is -3.37. The van der Waals surface area contributed by atoms with E-state index in [0.717, 1.165) is 16.9 Å². The summed E-state index contributed by atoms with van der Waals surface area (Å²) < 4.78 is 37.1. The molecule has 0 aliphatic heterocycles. The molecule has 1 amide bonds. The second kappa shape index (κ2) is 10.5. The molecule has 0 saturated carbocycles. The number of amides is 1. The summed E-state index contributed by atoms with van der Waals surface area (Å²) in [5.74, 6) is -0.800. The van der Waals surface area contributed by atoms with Gasteiger partial charge in [0.25, 0.3) is 15.9 Å². The van der Waals surface area contributed by atoms with Crippen LogP contribution in [0.1, 0.15) is 12.5 Å².